The second-order valence-corrected chi connectivity index (χ2v) is 9.62. The molecular weight excluding hydrogens is 398 g/mol. The van der Waals surface area contributed by atoms with Gasteiger partial charge in [0, 0.05) is 35.8 Å². The molecule has 8 heteroatoms. The van der Waals surface area contributed by atoms with Crippen molar-refractivity contribution in [3.05, 3.63) is 58.6 Å². The second-order valence-electron chi connectivity index (χ2n) is 7.54. The van der Waals surface area contributed by atoms with E-state index in [9.17, 15) is 13.2 Å². The molecule has 2 fully saturated rings. The van der Waals surface area contributed by atoms with Crippen LogP contribution in [0.1, 0.15) is 22.3 Å². The van der Waals surface area contributed by atoms with Crippen molar-refractivity contribution in [1.82, 2.24) is 9.80 Å². The van der Waals surface area contributed by atoms with Crippen LogP contribution in [0, 0.1) is 6.92 Å². The van der Waals surface area contributed by atoms with E-state index in [-0.39, 0.29) is 16.8 Å². The van der Waals surface area contributed by atoms with E-state index in [2.05, 4.69) is 16.7 Å². The predicted octanol–water partition coefficient (Wildman–Crippen LogP) is 2.98. The first-order valence-corrected chi connectivity index (χ1v) is 11.0. The summed E-state index contributed by atoms with van der Waals surface area (Å²) in [7, 11) is -1.77. The number of nitrogens with zero attached hydrogens (tertiary/aromatic N) is 2. The number of piperazine rings is 1. The number of nitrogens with one attached hydrogen (secondary N) is 1. The van der Waals surface area contributed by atoms with E-state index in [0.717, 1.165) is 13.0 Å². The zero-order valence-electron chi connectivity index (χ0n) is 15.7. The molecule has 2 saturated heterocycles. The van der Waals surface area contributed by atoms with Crippen molar-refractivity contribution in [3.8, 4) is 0 Å². The quantitative estimate of drug-likeness (QED) is 0.827. The summed E-state index contributed by atoms with van der Waals surface area (Å²) in [5.74, 6) is -0.111. The van der Waals surface area contributed by atoms with Crippen LogP contribution in [-0.4, -0.2) is 56.3 Å². The van der Waals surface area contributed by atoms with Gasteiger partial charge in [-0.15, -0.1) is 0 Å². The van der Waals surface area contributed by atoms with Gasteiger partial charge in [0.05, 0.1) is 10.6 Å². The highest BCUT2D eigenvalue weighted by Gasteiger charge is 2.43. The number of halogens is 1. The first kappa shape index (κ1) is 19.2. The van der Waals surface area contributed by atoms with Gasteiger partial charge in [0.2, 0.25) is 0 Å². The van der Waals surface area contributed by atoms with Crippen molar-refractivity contribution in [3.63, 3.8) is 0 Å². The Labute approximate surface area is 170 Å². The van der Waals surface area contributed by atoms with Crippen molar-refractivity contribution in [2.45, 2.75) is 30.3 Å². The normalized spacial score (nSPS) is 21.9. The maximum absolute atomic E-state index is 13.0. The summed E-state index contributed by atoms with van der Waals surface area (Å²) >= 11 is 5.94. The average Bonchev–Trinajstić information content (AvgIpc) is 3.20. The Morgan fingerprint density at radius 3 is 2.57 bits per heavy atom. The number of hydrogen-bond donors (Lipinski definition) is 1. The Kier molecular flexibility index (Phi) is 4.85. The minimum atomic E-state index is -3.85. The van der Waals surface area contributed by atoms with Crippen LogP contribution in [0.15, 0.2) is 47.4 Å². The molecule has 6 nitrogen and oxygen atoms in total. The average molecular weight is 420 g/mol. The molecule has 148 valence electrons. The monoisotopic (exact) mass is 419 g/mol. The molecule has 2 atom stereocenters. The van der Waals surface area contributed by atoms with Crippen LogP contribution in [0.5, 0.6) is 0 Å². The van der Waals surface area contributed by atoms with Crippen LogP contribution in [0.3, 0.4) is 0 Å². The first-order valence-electron chi connectivity index (χ1n) is 9.15. The van der Waals surface area contributed by atoms with Gasteiger partial charge in [-0.1, -0.05) is 23.7 Å². The fraction of sp³-hybridized carbons (Fsp3) is 0.350. The largest absolute Gasteiger partial charge is 0.333 e. The Bertz CT molecular complexity index is 1040. The van der Waals surface area contributed by atoms with Crippen LogP contribution in [0.2, 0.25) is 5.02 Å². The summed E-state index contributed by atoms with van der Waals surface area (Å²) < 4.78 is 28.4. The van der Waals surface area contributed by atoms with Gasteiger partial charge in [0.25, 0.3) is 15.9 Å². The number of anilines is 1. The Morgan fingerprint density at radius 1 is 1.14 bits per heavy atom. The van der Waals surface area contributed by atoms with E-state index in [4.69, 9.17) is 11.6 Å². The number of carbonyl (C=O) groups is 1. The number of amides is 1. The molecule has 2 bridgehead atoms. The molecule has 2 aliphatic heterocycles. The number of hydrogen-bond acceptors (Lipinski definition) is 4. The van der Waals surface area contributed by atoms with Gasteiger partial charge in [-0.3, -0.25) is 14.4 Å². The lowest BCUT2D eigenvalue weighted by Crippen LogP contribution is -2.47. The van der Waals surface area contributed by atoms with E-state index in [1.807, 2.05) is 4.90 Å². The Balaban J connectivity index is 1.61. The third-order valence-electron chi connectivity index (χ3n) is 5.58. The second kappa shape index (κ2) is 7.06. The van der Waals surface area contributed by atoms with Crippen LogP contribution < -0.4 is 4.72 Å². The summed E-state index contributed by atoms with van der Waals surface area (Å²) in [4.78, 5) is 17.3. The van der Waals surface area contributed by atoms with Gasteiger partial charge in [0.15, 0.2) is 0 Å². The number of sulfonamides is 1. The summed E-state index contributed by atoms with van der Waals surface area (Å²) in [6.07, 6.45) is 0.982. The lowest BCUT2D eigenvalue weighted by Gasteiger charge is -2.32. The summed E-state index contributed by atoms with van der Waals surface area (Å²) in [5.41, 5.74) is 1.35. The number of fused-ring (bicyclic) bond motifs is 2. The van der Waals surface area contributed by atoms with Crippen molar-refractivity contribution in [2.75, 3.05) is 24.9 Å². The molecule has 0 aliphatic carbocycles. The molecule has 2 aromatic carbocycles. The van der Waals surface area contributed by atoms with Crippen LogP contribution in [0.4, 0.5) is 5.69 Å². The molecule has 0 saturated carbocycles. The van der Waals surface area contributed by atoms with Crippen LogP contribution in [0.25, 0.3) is 0 Å². The smallest absolute Gasteiger partial charge is 0.262 e. The molecule has 28 heavy (non-hydrogen) atoms. The van der Waals surface area contributed by atoms with Crippen molar-refractivity contribution < 1.29 is 13.2 Å². The van der Waals surface area contributed by atoms with Gasteiger partial charge in [0.1, 0.15) is 0 Å². The van der Waals surface area contributed by atoms with Gasteiger partial charge < -0.3 is 4.90 Å². The minimum absolute atomic E-state index is 0.0970. The molecule has 1 amide bonds. The number of rotatable bonds is 4. The maximum atomic E-state index is 13.0. The lowest BCUT2D eigenvalue weighted by atomic mass is 10.1. The fourth-order valence-electron chi connectivity index (χ4n) is 4.07. The van der Waals surface area contributed by atoms with E-state index in [1.54, 1.807) is 43.3 Å². The third kappa shape index (κ3) is 3.50. The molecule has 4 rings (SSSR count). The highest BCUT2D eigenvalue weighted by atomic mass is 35.5. The third-order valence-corrected chi connectivity index (χ3v) is 7.34. The highest BCUT2D eigenvalue weighted by Crippen LogP contribution is 2.31. The Morgan fingerprint density at radius 2 is 1.93 bits per heavy atom. The number of aryl methyl sites for hydroxylation is 1. The zero-order valence-corrected chi connectivity index (χ0v) is 17.3. The minimum Gasteiger partial charge on any atom is -0.333 e. The molecule has 2 aliphatic rings. The van der Waals surface area contributed by atoms with Crippen LogP contribution in [-0.2, 0) is 10.0 Å². The highest BCUT2D eigenvalue weighted by molar-refractivity contribution is 7.92. The van der Waals surface area contributed by atoms with Crippen molar-refractivity contribution in [1.29, 1.82) is 0 Å². The topological polar surface area (TPSA) is 69.7 Å². The number of benzene rings is 2. The van der Waals surface area contributed by atoms with E-state index >= 15 is 0 Å². The van der Waals surface area contributed by atoms with E-state index in [0.29, 0.717) is 34.4 Å². The lowest BCUT2D eigenvalue weighted by molar-refractivity contribution is 0.0650. The summed E-state index contributed by atoms with van der Waals surface area (Å²) in [5, 5.41) is 0.440. The summed E-state index contributed by atoms with van der Waals surface area (Å²) in [6.45, 7) is 3.27. The van der Waals surface area contributed by atoms with Gasteiger partial charge in [-0.2, -0.15) is 0 Å². The Hall–Kier alpha value is -2.09. The molecular formula is C20H22ClN3O3S. The number of likely N-dealkylation sites (tertiary alicyclic amines) is 2. The standard InChI is InChI=1S/C20H22ClN3O3S/c1-13-6-7-14(20(25)24-12-17-10-18(24)11-23(17)2)8-19(13)28(26,27)22-16-5-3-4-15(21)9-16/h3-9,17-18,22H,10-12H2,1-2H3/t17-,18-/m0/s1. The number of carbonyl (C=O) groups excluding carboxylic acids is 1. The fourth-order valence-corrected chi connectivity index (χ4v) is 5.58. The molecule has 0 unspecified atom stereocenters. The number of likely N-dealkylation sites (N-methyl/N-ethyl adjacent to an activating group) is 1. The van der Waals surface area contributed by atoms with Crippen LogP contribution >= 0.6 is 11.6 Å². The SMILES string of the molecule is Cc1ccc(C(=O)N2C[C@@H]3C[C@H]2CN3C)cc1S(=O)(=O)Nc1cccc(Cl)c1. The van der Waals surface area contributed by atoms with Gasteiger partial charge in [-0.25, -0.2) is 8.42 Å². The summed E-state index contributed by atoms with van der Waals surface area (Å²) in [6, 6.07) is 12.0. The van der Waals surface area contributed by atoms with E-state index < -0.39 is 10.0 Å². The van der Waals surface area contributed by atoms with E-state index in [1.165, 1.54) is 6.07 Å². The molecule has 1 N–H and O–H groups in total. The van der Waals surface area contributed by atoms with Crippen molar-refractivity contribution in [2.24, 2.45) is 0 Å². The first-order chi connectivity index (χ1) is 13.2. The molecule has 0 spiro atoms. The molecule has 0 aromatic heterocycles. The molecule has 2 aromatic rings. The van der Waals surface area contributed by atoms with Crippen molar-refractivity contribution >= 4 is 33.2 Å². The maximum Gasteiger partial charge on any atom is 0.262 e. The zero-order chi connectivity index (χ0) is 20.1. The molecule has 0 radical (unpaired) electrons. The molecule has 2 heterocycles. The van der Waals surface area contributed by atoms with Gasteiger partial charge >= 0.3 is 0 Å². The predicted molar refractivity (Wildman–Crippen MR) is 109 cm³/mol. The van der Waals surface area contributed by atoms with Gasteiger partial charge in [-0.05, 0) is 56.3 Å².